The van der Waals surface area contributed by atoms with Crippen molar-refractivity contribution in [2.24, 2.45) is 0 Å². The van der Waals surface area contributed by atoms with Crippen molar-refractivity contribution in [3.63, 3.8) is 0 Å². The first-order valence-electron chi connectivity index (χ1n) is 30.3. The lowest BCUT2D eigenvalue weighted by Gasteiger charge is -2.28. The number of rotatable bonds is 19. The Morgan fingerprint density at radius 3 is 0.806 bits per heavy atom. The highest BCUT2D eigenvalue weighted by Crippen LogP contribution is 2.49. The number of anilines is 6. The smallest absolute Gasteiger partial charge is 0.294 e. The van der Waals surface area contributed by atoms with Crippen molar-refractivity contribution in [1.82, 2.24) is 0 Å². The highest BCUT2D eigenvalue weighted by Gasteiger charge is 2.39. The normalized spacial score (nSPS) is 11.9. The Morgan fingerprint density at radius 2 is 0.491 bits per heavy atom. The average molecular weight is 1560 g/mol. The Kier molecular flexibility index (Phi) is 19.4. The van der Waals surface area contributed by atoms with Crippen molar-refractivity contribution in [3.8, 4) is 68.2 Å². The fourth-order valence-electron chi connectivity index (χ4n) is 11.4. The van der Waals surface area contributed by atoms with Crippen LogP contribution in [0.3, 0.4) is 0 Å². The third kappa shape index (κ3) is 13.6. The lowest BCUT2D eigenvalue weighted by molar-refractivity contribution is 0.361. The minimum Gasteiger partial charge on any atom is -0.451 e. The minimum absolute atomic E-state index is 0.0280. The lowest BCUT2D eigenvalue weighted by Crippen LogP contribution is -2.12. The van der Waals surface area contributed by atoms with Gasteiger partial charge in [0.15, 0.2) is 46.5 Å². The largest absolute Gasteiger partial charge is 0.451 e. The molecule has 0 saturated heterocycles. The van der Waals surface area contributed by atoms with Crippen LogP contribution in [-0.2, 0) is 30.4 Å². The number of hydrogen-bond acceptors (Lipinski definition) is 12. The fourth-order valence-corrected chi connectivity index (χ4v) is 13.0. The third-order valence-corrected chi connectivity index (χ3v) is 18.9. The van der Waals surface area contributed by atoms with E-state index in [1.165, 1.54) is 48.5 Å². The number of benzene rings is 13. The van der Waals surface area contributed by atoms with E-state index in [2.05, 4.69) is 0 Å². The Hall–Kier alpha value is -12.2. The second-order valence-corrected chi connectivity index (χ2v) is 27.2. The van der Waals surface area contributed by atoms with E-state index in [0.717, 1.165) is 36.4 Å². The van der Waals surface area contributed by atoms with E-state index < -0.39 is 217 Å². The maximum absolute atomic E-state index is 16.0. The van der Waals surface area contributed by atoms with Gasteiger partial charge < -0.3 is 28.7 Å². The predicted octanol–water partition coefficient (Wildman–Crippen LogP) is 21.4. The van der Waals surface area contributed by atoms with Crippen LogP contribution in [0.15, 0.2) is 215 Å². The van der Waals surface area contributed by atoms with Gasteiger partial charge in [-0.15, -0.1) is 0 Å². The van der Waals surface area contributed by atoms with Gasteiger partial charge in [0, 0.05) is 57.0 Å². The first-order valence-corrected chi connectivity index (χ1v) is 34.6. The summed E-state index contributed by atoms with van der Waals surface area (Å²) in [4.78, 5) is 0.338. The van der Waals surface area contributed by atoms with E-state index in [-0.39, 0.29) is 22.1 Å². The van der Waals surface area contributed by atoms with Crippen LogP contribution in [0.25, 0.3) is 43.8 Å². The van der Waals surface area contributed by atoms with Crippen molar-refractivity contribution in [2.75, 3.05) is 9.80 Å². The van der Waals surface area contributed by atoms with Crippen molar-refractivity contribution in [3.05, 3.63) is 293 Å². The molecule has 108 heavy (non-hydrogen) atoms. The zero-order chi connectivity index (χ0) is 77.5. The van der Waals surface area contributed by atoms with Crippen LogP contribution in [0.2, 0.25) is 0 Å². The standard InChI is InChI=1S/C74H36F16N2O13S3/c75-55-51(53-59(79)67(87)73(68(88)60(53)80)104-49-32-45(107(96,97)98)29-34-9-7-8-14-47(34)49)56(76)64(84)71(63(55)83)102-42-23-19-40(20-24-42)91(36-10-3-1-4-11-36)38-15-17-39(18-16-38)92(37-12-5-2-6-13-37)41-21-25-43(26-22-41)103-72-65(85)57(77)52(58(78)66(72)86)54-61(81)69(89)74(70(90)62(54)82)105-50-33-46(108(99,100)101)31-35-30-44(106(93,94)95)27-28-48(35)50/h1-33H,(H,93,94,95)(H,96,97,98)(H,99,100,101). The summed E-state index contributed by atoms with van der Waals surface area (Å²) in [6, 6.07) is 42.3. The third-order valence-electron chi connectivity index (χ3n) is 16.4. The molecule has 0 aliphatic carbocycles. The van der Waals surface area contributed by atoms with Crippen molar-refractivity contribution in [2.45, 2.75) is 14.7 Å². The van der Waals surface area contributed by atoms with Crippen molar-refractivity contribution in [1.29, 1.82) is 0 Å². The summed E-state index contributed by atoms with van der Waals surface area (Å²) < 4.78 is 376. The number of hydrogen-bond donors (Lipinski definition) is 3. The van der Waals surface area contributed by atoms with Crippen molar-refractivity contribution >= 4 is 86.0 Å². The maximum atomic E-state index is 16.0. The van der Waals surface area contributed by atoms with Crippen LogP contribution in [0.5, 0.6) is 46.0 Å². The molecule has 34 heteroatoms. The van der Waals surface area contributed by atoms with Gasteiger partial charge in [-0.25, -0.2) is 35.1 Å². The molecule has 0 radical (unpaired) electrons. The Labute approximate surface area is 597 Å². The van der Waals surface area contributed by atoms with Gasteiger partial charge in [-0.2, -0.15) is 60.4 Å². The maximum Gasteiger partial charge on any atom is 0.294 e. The van der Waals surface area contributed by atoms with Gasteiger partial charge in [0.05, 0.1) is 36.9 Å². The molecule has 15 nitrogen and oxygen atoms in total. The molecule has 13 aromatic rings. The van der Waals surface area contributed by atoms with Gasteiger partial charge in [0.25, 0.3) is 30.4 Å². The van der Waals surface area contributed by atoms with E-state index in [1.807, 2.05) is 0 Å². The molecule has 0 unspecified atom stereocenters. The molecule has 0 spiro atoms. The zero-order valence-electron chi connectivity index (χ0n) is 53.1. The van der Waals surface area contributed by atoms with Crippen LogP contribution in [0.1, 0.15) is 0 Å². The molecular weight excluding hydrogens is 1520 g/mol. The summed E-state index contributed by atoms with van der Waals surface area (Å²) >= 11 is 0. The van der Waals surface area contributed by atoms with Gasteiger partial charge in [-0.1, -0.05) is 60.7 Å². The van der Waals surface area contributed by atoms with Gasteiger partial charge >= 0.3 is 0 Å². The molecule has 3 N–H and O–H groups in total. The quantitative estimate of drug-likeness (QED) is 0.0391. The summed E-state index contributed by atoms with van der Waals surface area (Å²) in [5, 5.41) is -1.17. The van der Waals surface area contributed by atoms with Gasteiger partial charge in [0.1, 0.15) is 23.0 Å². The number of ether oxygens (including phenoxy) is 4. The molecule has 0 fully saturated rings. The molecule has 0 amide bonds. The summed E-state index contributed by atoms with van der Waals surface area (Å²) in [6.07, 6.45) is 0. The second kappa shape index (κ2) is 28.3. The van der Waals surface area contributed by atoms with E-state index in [0.29, 0.717) is 53.1 Å². The highest BCUT2D eigenvalue weighted by atomic mass is 32.2. The summed E-state index contributed by atoms with van der Waals surface area (Å²) in [5.74, 6) is -51.9. The number of nitrogens with zero attached hydrogens (tertiary/aromatic N) is 2. The van der Waals surface area contributed by atoms with E-state index >= 15 is 70.2 Å². The molecule has 0 saturated carbocycles. The summed E-state index contributed by atoms with van der Waals surface area (Å²) in [5.41, 5.74) is -6.93. The molecule has 0 bridgehead atoms. The monoisotopic (exact) mass is 1560 g/mol. The number of fused-ring (bicyclic) bond motifs is 2. The molecular formula is C74H36F16N2O13S3. The average Bonchev–Trinajstić information content (AvgIpc) is 0.746. The van der Waals surface area contributed by atoms with Crippen LogP contribution in [-0.4, -0.2) is 38.9 Å². The van der Waals surface area contributed by atoms with E-state index in [4.69, 9.17) is 18.9 Å². The number of halogens is 16. The van der Waals surface area contributed by atoms with Crippen LogP contribution < -0.4 is 28.7 Å². The molecule has 0 aliphatic rings. The lowest BCUT2D eigenvalue weighted by atomic mass is 10.0. The van der Waals surface area contributed by atoms with Crippen molar-refractivity contribution < 1.29 is 128 Å². The molecule has 0 aliphatic heterocycles. The zero-order valence-corrected chi connectivity index (χ0v) is 55.6. The predicted molar refractivity (Wildman–Crippen MR) is 357 cm³/mol. The number of para-hydroxylation sites is 2. The van der Waals surface area contributed by atoms with E-state index in [9.17, 15) is 38.9 Å². The van der Waals surface area contributed by atoms with Gasteiger partial charge in [-0.3, -0.25) is 13.7 Å². The minimum atomic E-state index is -5.29. The summed E-state index contributed by atoms with van der Waals surface area (Å²) in [6.45, 7) is 0. The first kappa shape index (κ1) is 74.1. The fraction of sp³-hybridized carbons (Fsp3) is 0. The molecule has 550 valence electrons. The molecule has 0 aromatic heterocycles. The van der Waals surface area contributed by atoms with Crippen LogP contribution in [0, 0.1) is 93.1 Å². The molecule has 13 aromatic carbocycles. The van der Waals surface area contributed by atoms with E-state index in [1.54, 1.807) is 94.7 Å². The second-order valence-electron chi connectivity index (χ2n) is 23.0. The molecule has 0 atom stereocenters. The summed E-state index contributed by atoms with van der Waals surface area (Å²) in [7, 11) is -15.3. The van der Waals surface area contributed by atoms with Gasteiger partial charge in [-0.05, 0) is 138 Å². The van der Waals surface area contributed by atoms with Crippen LogP contribution >= 0.6 is 0 Å². The Bertz CT molecular complexity index is 6120. The Morgan fingerprint density at radius 1 is 0.241 bits per heavy atom. The topological polar surface area (TPSA) is 207 Å². The SMILES string of the molecule is O=S(=O)(O)c1cc(Oc2c(F)c(F)c(-c3c(F)c(F)c(Oc4ccc(N(c5ccccc5)c5ccc(N(c6ccccc6)c6ccc(Oc7c(F)c(F)c(-c8c(F)c(F)c(Oc9cc(S(=O)(=O)O)cc%10cc(S(=O)(=O)O)ccc9%10)c(F)c8F)c(F)c7F)cc6)cc5)cc4)c(F)c3F)c(F)c2F)c2ccccc2c1. The van der Waals surface area contributed by atoms with Crippen LogP contribution in [0.4, 0.5) is 104 Å². The Balaban J connectivity index is 0.756. The molecule has 13 rings (SSSR count). The molecule has 0 heterocycles. The van der Waals surface area contributed by atoms with Gasteiger partial charge in [0.2, 0.25) is 69.5 Å². The first-order chi connectivity index (χ1) is 51.1. The highest BCUT2D eigenvalue weighted by molar-refractivity contribution is 7.86.